The van der Waals surface area contributed by atoms with Crippen LogP contribution in [0.2, 0.25) is 0 Å². The maximum absolute atomic E-state index is 12.6. The van der Waals surface area contributed by atoms with Gasteiger partial charge in [0, 0.05) is 39.0 Å². The molecule has 2 heterocycles. The summed E-state index contributed by atoms with van der Waals surface area (Å²) in [5, 5.41) is 1.09. The second-order valence-corrected chi connectivity index (χ2v) is 9.15. The predicted molar refractivity (Wildman–Crippen MR) is 127 cm³/mol. The second kappa shape index (κ2) is 10.6. The van der Waals surface area contributed by atoms with Crippen molar-refractivity contribution in [1.82, 2.24) is 14.8 Å². The lowest BCUT2D eigenvalue weighted by atomic mass is 10.1. The lowest BCUT2D eigenvalue weighted by Gasteiger charge is -2.35. The summed E-state index contributed by atoms with van der Waals surface area (Å²) in [5.74, 6) is 1.15. The Morgan fingerprint density at radius 1 is 0.906 bits per heavy atom. The number of aryl methyl sites for hydroxylation is 2. The van der Waals surface area contributed by atoms with Gasteiger partial charge in [-0.05, 0) is 49.1 Å². The van der Waals surface area contributed by atoms with Gasteiger partial charge in [0.2, 0.25) is 11.8 Å². The Morgan fingerprint density at radius 3 is 2.22 bits per heavy atom. The lowest BCUT2D eigenvalue weighted by Crippen LogP contribution is -2.50. The zero-order valence-corrected chi connectivity index (χ0v) is 19.3. The molecule has 1 saturated heterocycles. The topological polar surface area (TPSA) is 62.7 Å². The minimum Gasteiger partial charge on any atom is -0.497 e. The fraction of sp³-hybridized carbons (Fsp3) is 0.400. The highest BCUT2D eigenvalue weighted by Crippen LogP contribution is 2.23. The smallest absolute Gasteiger partial charge is 0.223 e. The van der Waals surface area contributed by atoms with Crippen LogP contribution < -0.4 is 4.74 Å². The van der Waals surface area contributed by atoms with Crippen molar-refractivity contribution >= 4 is 33.4 Å². The van der Waals surface area contributed by atoms with Crippen LogP contribution in [0.15, 0.2) is 48.5 Å². The Balaban J connectivity index is 1.16. The van der Waals surface area contributed by atoms with Gasteiger partial charge in [-0.3, -0.25) is 9.59 Å². The number of para-hydroxylation sites is 1. The van der Waals surface area contributed by atoms with Gasteiger partial charge in [-0.1, -0.05) is 24.3 Å². The monoisotopic (exact) mass is 451 g/mol. The zero-order valence-electron chi connectivity index (χ0n) is 18.5. The summed E-state index contributed by atoms with van der Waals surface area (Å²) in [6.07, 6.45) is 3.37. The molecule has 0 atom stereocenters. The van der Waals surface area contributed by atoms with Gasteiger partial charge in [-0.2, -0.15) is 0 Å². The van der Waals surface area contributed by atoms with Crippen LogP contribution in [0.25, 0.3) is 10.2 Å². The van der Waals surface area contributed by atoms with E-state index in [-0.39, 0.29) is 11.8 Å². The Morgan fingerprint density at radius 2 is 1.56 bits per heavy atom. The van der Waals surface area contributed by atoms with E-state index in [2.05, 4.69) is 11.1 Å². The summed E-state index contributed by atoms with van der Waals surface area (Å²) in [4.78, 5) is 33.6. The molecule has 0 radical (unpaired) electrons. The van der Waals surface area contributed by atoms with E-state index in [0.717, 1.165) is 34.7 Å². The quantitative estimate of drug-likeness (QED) is 0.521. The lowest BCUT2D eigenvalue weighted by molar-refractivity contribution is -0.139. The zero-order chi connectivity index (χ0) is 22.3. The van der Waals surface area contributed by atoms with Crippen molar-refractivity contribution in [1.29, 1.82) is 0 Å². The van der Waals surface area contributed by atoms with E-state index in [4.69, 9.17) is 4.74 Å². The molecule has 0 unspecified atom stereocenters. The number of carbonyl (C=O) groups excluding carboxylic acids is 2. The van der Waals surface area contributed by atoms with Gasteiger partial charge in [0.15, 0.2) is 0 Å². The minimum absolute atomic E-state index is 0.156. The molecule has 0 N–H and O–H groups in total. The molecule has 0 spiro atoms. The van der Waals surface area contributed by atoms with Gasteiger partial charge in [0.25, 0.3) is 0 Å². The molecule has 168 valence electrons. The number of piperazine rings is 1. The fourth-order valence-corrected chi connectivity index (χ4v) is 4.99. The summed E-state index contributed by atoms with van der Waals surface area (Å²) in [6, 6.07) is 16.0. The van der Waals surface area contributed by atoms with Crippen molar-refractivity contribution in [3.63, 3.8) is 0 Å². The van der Waals surface area contributed by atoms with Crippen LogP contribution in [-0.4, -0.2) is 59.9 Å². The highest BCUT2D eigenvalue weighted by molar-refractivity contribution is 7.18. The van der Waals surface area contributed by atoms with Crippen molar-refractivity contribution in [3.05, 3.63) is 59.1 Å². The number of aromatic nitrogens is 1. The number of fused-ring (bicyclic) bond motifs is 1. The molecule has 2 amide bonds. The SMILES string of the molecule is COc1ccc(CCC(=O)N2CCN(C(=O)CCCc3nc4ccccc4s3)CC2)cc1. The molecule has 0 saturated carbocycles. The average Bonchev–Trinajstić information content (AvgIpc) is 3.25. The van der Waals surface area contributed by atoms with E-state index in [1.54, 1.807) is 18.4 Å². The Bertz CT molecular complexity index is 1020. The molecule has 1 aromatic heterocycles. The van der Waals surface area contributed by atoms with Gasteiger partial charge in [0.1, 0.15) is 5.75 Å². The third kappa shape index (κ3) is 5.65. The van der Waals surface area contributed by atoms with E-state index < -0.39 is 0 Å². The summed E-state index contributed by atoms with van der Waals surface area (Å²) in [7, 11) is 1.64. The first kappa shape index (κ1) is 22.3. The standard InChI is InChI=1S/C25H29N3O3S/c1-31-20-12-9-19(10-13-20)11-14-25(30)28-17-15-27(16-18-28)24(29)8-4-7-23-26-21-5-2-3-6-22(21)32-23/h2-3,5-6,9-10,12-13H,4,7-8,11,14-18H2,1H3. The minimum atomic E-state index is 0.156. The number of ether oxygens (including phenoxy) is 1. The fourth-order valence-electron chi connectivity index (χ4n) is 3.98. The normalized spacial score (nSPS) is 14.0. The Kier molecular flexibility index (Phi) is 7.37. The van der Waals surface area contributed by atoms with Crippen molar-refractivity contribution in [2.75, 3.05) is 33.3 Å². The van der Waals surface area contributed by atoms with Crippen LogP contribution in [0, 0.1) is 0 Å². The second-order valence-electron chi connectivity index (χ2n) is 8.04. The van der Waals surface area contributed by atoms with Gasteiger partial charge in [-0.15, -0.1) is 11.3 Å². The third-order valence-corrected chi connectivity index (χ3v) is 6.99. The Hall–Kier alpha value is -2.93. The number of hydrogen-bond donors (Lipinski definition) is 0. The molecular weight excluding hydrogens is 422 g/mol. The number of carbonyl (C=O) groups is 2. The van der Waals surface area contributed by atoms with Crippen molar-refractivity contribution in [2.24, 2.45) is 0 Å². The van der Waals surface area contributed by atoms with E-state index in [9.17, 15) is 9.59 Å². The molecular formula is C25H29N3O3S. The number of nitrogens with zero attached hydrogens (tertiary/aromatic N) is 3. The summed E-state index contributed by atoms with van der Waals surface area (Å²) in [6.45, 7) is 2.47. The van der Waals surface area contributed by atoms with E-state index in [1.807, 2.05) is 52.3 Å². The number of thiazole rings is 1. The van der Waals surface area contributed by atoms with E-state index >= 15 is 0 Å². The molecule has 0 bridgehead atoms. The molecule has 6 nitrogen and oxygen atoms in total. The highest BCUT2D eigenvalue weighted by atomic mass is 32.1. The van der Waals surface area contributed by atoms with Crippen LogP contribution in [0.5, 0.6) is 5.75 Å². The van der Waals surface area contributed by atoms with Crippen molar-refractivity contribution in [3.8, 4) is 5.75 Å². The van der Waals surface area contributed by atoms with Crippen LogP contribution in [-0.2, 0) is 22.4 Å². The highest BCUT2D eigenvalue weighted by Gasteiger charge is 2.23. The average molecular weight is 452 g/mol. The number of benzene rings is 2. The number of hydrogen-bond acceptors (Lipinski definition) is 5. The van der Waals surface area contributed by atoms with Crippen LogP contribution in [0.3, 0.4) is 0 Å². The van der Waals surface area contributed by atoms with Crippen LogP contribution >= 0.6 is 11.3 Å². The first-order valence-electron chi connectivity index (χ1n) is 11.2. The molecule has 1 aliphatic rings. The molecule has 2 aromatic carbocycles. The first-order valence-corrected chi connectivity index (χ1v) is 12.0. The predicted octanol–water partition coefficient (Wildman–Crippen LogP) is 3.93. The summed E-state index contributed by atoms with van der Waals surface area (Å²) < 4.78 is 6.36. The number of methoxy groups -OCH3 is 1. The molecule has 4 rings (SSSR count). The van der Waals surface area contributed by atoms with E-state index in [1.165, 1.54) is 4.70 Å². The number of amides is 2. The number of rotatable bonds is 8. The molecule has 0 aliphatic carbocycles. The molecule has 1 fully saturated rings. The maximum atomic E-state index is 12.6. The van der Waals surface area contributed by atoms with Crippen molar-refractivity contribution < 1.29 is 14.3 Å². The first-order chi connectivity index (χ1) is 15.6. The largest absolute Gasteiger partial charge is 0.497 e. The molecule has 3 aromatic rings. The maximum Gasteiger partial charge on any atom is 0.223 e. The molecule has 32 heavy (non-hydrogen) atoms. The Labute approximate surface area is 192 Å². The molecule has 1 aliphatic heterocycles. The van der Waals surface area contributed by atoms with Gasteiger partial charge in [0.05, 0.1) is 22.3 Å². The summed E-state index contributed by atoms with van der Waals surface area (Å²) in [5.41, 5.74) is 2.16. The van der Waals surface area contributed by atoms with Gasteiger partial charge in [-0.25, -0.2) is 4.98 Å². The van der Waals surface area contributed by atoms with Gasteiger partial charge >= 0.3 is 0 Å². The van der Waals surface area contributed by atoms with Crippen LogP contribution in [0.1, 0.15) is 29.8 Å². The molecule has 7 heteroatoms. The van der Waals surface area contributed by atoms with Gasteiger partial charge < -0.3 is 14.5 Å². The third-order valence-electron chi connectivity index (χ3n) is 5.89. The van der Waals surface area contributed by atoms with Crippen LogP contribution in [0.4, 0.5) is 0 Å². The van der Waals surface area contributed by atoms with E-state index in [0.29, 0.717) is 45.4 Å². The summed E-state index contributed by atoms with van der Waals surface area (Å²) >= 11 is 1.71. The van der Waals surface area contributed by atoms with Crippen molar-refractivity contribution in [2.45, 2.75) is 32.1 Å².